The maximum atomic E-state index is 13.1. The Kier molecular flexibility index (Phi) is 3.33. The molecule has 21 heavy (non-hydrogen) atoms. The summed E-state index contributed by atoms with van der Waals surface area (Å²) in [4.78, 5) is 8.75. The number of aryl methyl sites for hydroxylation is 4. The summed E-state index contributed by atoms with van der Waals surface area (Å²) >= 11 is 0. The van der Waals surface area contributed by atoms with E-state index in [1.165, 1.54) is 6.07 Å². The molecule has 0 radical (unpaired) electrons. The molecule has 3 aromatic rings. The number of nitrogens with two attached hydrogens (primary N) is 1. The fraction of sp³-hybridized carbons (Fsp3) is 0.250. The maximum Gasteiger partial charge on any atom is 0.202 e. The molecule has 0 unspecified atom stereocenters. The first-order valence-electron chi connectivity index (χ1n) is 6.88. The van der Waals surface area contributed by atoms with Gasteiger partial charge in [0.15, 0.2) is 5.65 Å². The molecule has 0 fully saturated rings. The summed E-state index contributed by atoms with van der Waals surface area (Å²) in [6.07, 6.45) is 2.52. The van der Waals surface area contributed by atoms with Gasteiger partial charge in [0.05, 0.1) is 0 Å². The number of hydrogen-bond donors (Lipinski definition) is 1. The van der Waals surface area contributed by atoms with Crippen LogP contribution in [0.15, 0.2) is 30.5 Å². The predicted molar refractivity (Wildman–Crippen MR) is 81.5 cm³/mol. The SMILES string of the molecule is Cc1cc(F)ccc1CCn1c(N)nc2c(C)ccnc21. The third-order valence-corrected chi connectivity index (χ3v) is 3.77. The molecular weight excluding hydrogens is 267 g/mol. The quantitative estimate of drug-likeness (QED) is 0.804. The molecule has 0 saturated carbocycles. The van der Waals surface area contributed by atoms with Crippen LogP contribution in [0.4, 0.5) is 10.3 Å². The Morgan fingerprint density at radius 1 is 1.19 bits per heavy atom. The Labute approximate surface area is 122 Å². The smallest absolute Gasteiger partial charge is 0.202 e. The van der Waals surface area contributed by atoms with Crippen molar-refractivity contribution < 1.29 is 4.39 Å². The lowest BCUT2D eigenvalue weighted by atomic mass is 10.1. The second-order valence-corrected chi connectivity index (χ2v) is 5.24. The average molecular weight is 284 g/mol. The van der Waals surface area contributed by atoms with Gasteiger partial charge in [0, 0.05) is 12.7 Å². The zero-order chi connectivity index (χ0) is 15.0. The van der Waals surface area contributed by atoms with E-state index in [1.807, 2.05) is 30.5 Å². The molecule has 2 heterocycles. The van der Waals surface area contributed by atoms with Crippen LogP contribution in [0.2, 0.25) is 0 Å². The highest BCUT2D eigenvalue weighted by molar-refractivity contribution is 5.77. The highest BCUT2D eigenvalue weighted by atomic mass is 19.1. The van der Waals surface area contributed by atoms with Crippen molar-refractivity contribution in [3.05, 3.63) is 53.0 Å². The maximum absolute atomic E-state index is 13.1. The van der Waals surface area contributed by atoms with E-state index in [4.69, 9.17) is 5.73 Å². The van der Waals surface area contributed by atoms with Gasteiger partial charge in [0.2, 0.25) is 5.95 Å². The number of fused-ring (bicyclic) bond motifs is 1. The van der Waals surface area contributed by atoms with Crippen molar-refractivity contribution in [1.82, 2.24) is 14.5 Å². The normalized spacial score (nSPS) is 11.2. The summed E-state index contributed by atoms with van der Waals surface area (Å²) in [5, 5.41) is 0. The van der Waals surface area contributed by atoms with E-state index in [1.54, 1.807) is 12.3 Å². The second-order valence-electron chi connectivity index (χ2n) is 5.24. The average Bonchev–Trinajstić information content (AvgIpc) is 2.76. The number of halogens is 1. The van der Waals surface area contributed by atoms with Crippen molar-refractivity contribution in [1.29, 1.82) is 0 Å². The lowest BCUT2D eigenvalue weighted by Crippen LogP contribution is -2.07. The molecule has 4 nitrogen and oxygen atoms in total. The van der Waals surface area contributed by atoms with Crippen molar-refractivity contribution >= 4 is 17.1 Å². The predicted octanol–water partition coefficient (Wildman–Crippen LogP) is 3.01. The van der Waals surface area contributed by atoms with Gasteiger partial charge in [0.25, 0.3) is 0 Å². The number of hydrogen-bond acceptors (Lipinski definition) is 3. The van der Waals surface area contributed by atoms with Crippen LogP contribution in [0.25, 0.3) is 11.2 Å². The molecule has 0 bridgehead atoms. The molecule has 0 aliphatic carbocycles. The highest BCUT2D eigenvalue weighted by Crippen LogP contribution is 2.20. The lowest BCUT2D eigenvalue weighted by molar-refractivity contribution is 0.624. The third-order valence-electron chi connectivity index (χ3n) is 3.77. The van der Waals surface area contributed by atoms with Gasteiger partial charge in [-0.15, -0.1) is 0 Å². The number of imidazole rings is 1. The summed E-state index contributed by atoms with van der Waals surface area (Å²) in [5.74, 6) is 0.257. The summed E-state index contributed by atoms with van der Waals surface area (Å²) in [6, 6.07) is 6.77. The molecule has 2 N–H and O–H groups in total. The topological polar surface area (TPSA) is 56.7 Å². The number of benzene rings is 1. The van der Waals surface area contributed by atoms with Crippen molar-refractivity contribution in [2.24, 2.45) is 0 Å². The van der Waals surface area contributed by atoms with E-state index in [0.717, 1.165) is 34.3 Å². The Morgan fingerprint density at radius 2 is 2.00 bits per heavy atom. The lowest BCUT2D eigenvalue weighted by Gasteiger charge is -2.08. The van der Waals surface area contributed by atoms with E-state index in [9.17, 15) is 4.39 Å². The summed E-state index contributed by atoms with van der Waals surface area (Å²) < 4.78 is 15.0. The first kappa shape index (κ1) is 13.5. The van der Waals surface area contributed by atoms with E-state index in [2.05, 4.69) is 9.97 Å². The number of nitrogen functional groups attached to an aromatic ring is 1. The van der Waals surface area contributed by atoms with Crippen LogP contribution >= 0.6 is 0 Å². The molecular formula is C16H17FN4. The summed E-state index contributed by atoms with van der Waals surface area (Å²) in [5.41, 5.74) is 10.7. The molecule has 108 valence electrons. The highest BCUT2D eigenvalue weighted by Gasteiger charge is 2.11. The van der Waals surface area contributed by atoms with Crippen LogP contribution in [-0.4, -0.2) is 14.5 Å². The number of nitrogens with zero attached hydrogens (tertiary/aromatic N) is 3. The van der Waals surface area contributed by atoms with Crippen LogP contribution < -0.4 is 5.73 Å². The van der Waals surface area contributed by atoms with Crippen LogP contribution in [0.1, 0.15) is 16.7 Å². The minimum absolute atomic E-state index is 0.207. The largest absolute Gasteiger partial charge is 0.369 e. The van der Waals surface area contributed by atoms with Gasteiger partial charge in [-0.3, -0.25) is 4.57 Å². The van der Waals surface area contributed by atoms with E-state index < -0.39 is 0 Å². The van der Waals surface area contributed by atoms with Gasteiger partial charge in [-0.1, -0.05) is 6.07 Å². The van der Waals surface area contributed by atoms with Crippen LogP contribution in [0.5, 0.6) is 0 Å². The number of anilines is 1. The molecule has 0 amide bonds. The van der Waals surface area contributed by atoms with Gasteiger partial charge in [-0.25, -0.2) is 14.4 Å². The molecule has 0 aliphatic heterocycles. The molecule has 1 aromatic carbocycles. The fourth-order valence-electron chi connectivity index (χ4n) is 2.55. The van der Waals surface area contributed by atoms with Crippen LogP contribution in [0.3, 0.4) is 0 Å². The van der Waals surface area contributed by atoms with Gasteiger partial charge >= 0.3 is 0 Å². The molecule has 0 atom stereocenters. The first-order chi connectivity index (χ1) is 10.1. The Morgan fingerprint density at radius 3 is 2.76 bits per heavy atom. The summed E-state index contributed by atoms with van der Waals surface area (Å²) in [6.45, 7) is 4.58. The number of pyridine rings is 1. The van der Waals surface area contributed by atoms with Crippen molar-refractivity contribution in [2.75, 3.05) is 5.73 Å². The summed E-state index contributed by atoms with van der Waals surface area (Å²) in [7, 11) is 0. The van der Waals surface area contributed by atoms with Gasteiger partial charge in [-0.2, -0.15) is 0 Å². The van der Waals surface area contributed by atoms with Crippen molar-refractivity contribution in [3.63, 3.8) is 0 Å². The molecule has 5 heteroatoms. The Balaban J connectivity index is 1.92. The number of aromatic nitrogens is 3. The van der Waals surface area contributed by atoms with E-state index in [-0.39, 0.29) is 5.82 Å². The minimum Gasteiger partial charge on any atom is -0.369 e. The Hall–Kier alpha value is -2.43. The Bertz CT molecular complexity index is 807. The monoisotopic (exact) mass is 284 g/mol. The zero-order valence-electron chi connectivity index (χ0n) is 12.1. The van der Waals surface area contributed by atoms with Gasteiger partial charge in [0.1, 0.15) is 11.3 Å². The zero-order valence-corrected chi connectivity index (χ0v) is 12.1. The van der Waals surface area contributed by atoms with Gasteiger partial charge in [-0.05, 0) is 55.2 Å². The fourth-order valence-corrected chi connectivity index (χ4v) is 2.55. The van der Waals surface area contributed by atoms with Crippen LogP contribution in [-0.2, 0) is 13.0 Å². The van der Waals surface area contributed by atoms with Crippen LogP contribution in [0, 0.1) is 19.7 Å². The van der Waals surface area contributed by atoms with E-state index >= 15 is 0 Å². The second kappa shape index (κ2) is 5.16. The third kappa shape index (κ3) is 2.46. The standard InChI is InChI=1S/C16H17FN4/c1-10-5-7-19-15-14(10)20-16(18)21(15)8-6-12-3-4-13(17)9-11(12)2/h3-5,7,9H,6,8H2,1-2H3,(H2,18,20). The molecule has 0 aliphatic rings. The van der Waals surface area contributed by atoms with Gasteiger partial charge < -0.3 is 5.73 Å². The number of rotatable bonds is 3. The molecule has 0 saturated heterocycles. The molecule has 0 spiro atoms. The molecule has 3 rings (SSSR count). The van der Waals surface area contributed by atoms with Crippen molar-refractivity contribution in [2.45, 2.75) is 26.8 Å². The van der Waals surface area contributed by atoms with E-state index in [0.29, 0.717) is 12.5 Å². The van der Waals surface area contributed by atoms with Crippen molar-refractivity contribution in [3.8, 4) is 0 Å². The first-order valence-corrected chi connectivity index (χ1v) is 6.88. The minimum atomic E-state index is -0.207. The molecule has 2 aromatic heterocycles.